The molecule has 0 aromatic carbocycles. The Hall–Kier alpha value is -2.27. The molecule has 3 rings (SSSR count). The molecule has 1 saturated carbocycles. The quantitative estimate of drug-likeness (QED) is 0.0737. The minimum atomic E-state index is -1.93. The number of amides is 2. The van der Waals surface area contributed by atoms with Crippen LogP contribution in [0.2, 0.25) is 0 Å². The molecule has 3 fully saturated rings. The zero-order valence-corrected chi connectivity index (χ0v) is 27.0. The third-order valence-corrected chi connectivity index (χ3v) is 8.54. The van der Waals surface area contributed by atoms with E-state index >= 15 is 0 Å². The highest BCUT2D eigenvalue weighted by molar-refractivity contribution is 5.81. The summed E-state index contributed by atoms with van der Waals surface area (Å²) in [6.45, 7) is -1.43. The Morgan fingerprint density at radius 2 is 1.18 bits per heavy atom. The molecule has 20 N–H and O–H groups in total. The Kier molecular flexibility index (Phi) is 18.2. The minimum Gasteiger partial charge on any atom is -0.483 e. The Balaban J connectivity index is 0.00000278. The summed E-state index contributed by atoms with van der Waals surface area (Å²) in [6, 6.07) is -4.01. The van der Waals surface area contributed by atoms with Crippen molar-refractivity contribution in [3.05, 3.63) is 0 Å². The molecule has 2 amide bonds. The number of aliphatic hydroxyl groups is 9. The second-order valence-electron chi connectivity index (χ2n) is 12.0. The number of hydrogen-bond acceptors (Lipinski definition) is 20. The van der Waals surface area contributed by atoms with Gasteiger partial charge in [-0.1, -0.05) is 0 Å². The number of aliphatic hydroxyl groups excluding tert-OH is 9. The van der Waals surface area contributed by atoms with E-state index in [4.69, 9.17) is 51.8 Å². The van der Waals surface area contributed by atoms with Crippen LogP contribution in [-0.4, -0.2) is 200 Å². The van der Waals surface area contributed by atoms with Gasteiger partial charge in [-0.15, -0.1) is 0 Å². The van der Waals surface area contributed by atoms with Crippen LogP contribution in [0.4, 0.5) is 0 Å². The summed E-state index contributed by atoms with van der Waals surface area (Å²) in [5.41, 5.74) is 22.4. The van der Waals surface area contributed by atoms with Gasteiger partial charge in [-0.05, 0) is 32.4 Å². The predicted octanol–water partition coefficient (Wildman–Crippen LogP) is -9.86. The smallest absolute Gasteiger partial charge is 0.290 e. The van der Waals surface area contributed by atoms with Crippen molar-refractivity contribution in [3.8, 4) is 0 Å². The average Bonchev–Trinajstić information content (AvgIpc) is 3.08. The molecule has 2 aliphatic heterocycles. The summed E-state index contributed by atoms with van der Waals surface area (Å²) in [4.78, 5) is 34.1. The van der Waals surface area contributed by atoms with Crippen LogP contribution >= 0.6 is 0 Å². The van der Waals surface area contributed by atoms with Crippen molar-refractivity contribution in [2.75, 3.05) is 26.2 Å². The van der Waals surface area contributed by atoms with Gasteiger partial charge in [0.25, 0.3) is 6.47 Å². The zero-order valence-electron chi connectivity index (χ0n) is 27.0. The topological polar surface area (TPSA) is 419 Å². The van der Waals surface area contributed by atoms with Crippen molar-refractivity contribution in [1.82, 2.24) is 10.6 Å². The molecule has 2 saturated heterocycles. The maximum absolute atomic E-state index is 12.9. The van der Waals surface area contributed by atoms with Crippen molar-refractivity contribution in [3.63, 3.8) is 0 Å². The van der Waals surface area contributed by atoms with Crippen molar-refractivity contribution in [2.24, 2.45) is 22.9 Å². The third-order valence-electron chi connectivity index (χ3n) is 8.54. The van der Waals surface area contributed by atoms with E-state index in [1.807, 2.05) is 0 Å². The lowest BCUT2D eigenvalue weighted by Gasteiger charge is -2.49. The van der Waals surface area contributed by atoms with Gasteiger partial charge in [-0.3, -0.25) is 14.4 Å². The number of nitrogens with two attached hydrogens (primary N) is 4. The van der Waals surface area contributed by atoms with Crippen LogP contribution in [0.5, 0.6) is 0 Å². The Bertz CT molecular complexity index is 977. The summed E-state index contributed by atoms with van der Waals surface area (Å²) in [5.74, 6) is -1.90. The molecule has 292 valence electrons. The van der Waals surface area contributed by atoms with Crippen LogP contribution in [0.1, 0.15) is 19.3 Å². The first-order valence-electron chi connectivity index (χ1n) is 15.8. The van der Waals surface area contributed by atoms with Crippen LogP contribution in [-0.2, 0) is 33.3 Å². The molecule has 3 aliphatic rings. The van der Waals surface area contributed by atoms with Gasteiger partial charge in [0.1, 0.15) is 73.2 Å². The van der Waals surface area contributed by atoms with Gasteiger partial charge in [0.05, 0.1) is 24.7 Å². The van der Waals surface area contributed by atoms with Gasteiger partial charge in [0.2, 0.25) is 11.8 Å². The SMILES string of the molecule is NCC[C@H](O)C(=O)N[C@H]1C[C@@H](NC(=O)[C@@H](O)CCN)[C@H](O[C@H]2OC(CO)[C@@H](O)[C@@H](N)C2O)[C@@H](O)[C@@H]1O[C@@H]1OC(CN)[C@@H](O)[C@@H](O)C1O.O=CO. The second-order valence-corrected chi connectivity index (χ2v) is 12.0. The first-order chi connectivity index (χ1) is 23.6. The fraction of sp³-hybridized carbons (Fsp3) is 0.889. The fourth-order valence-electron chi connectivity index (χ4n) is 5.74. The van der Waals surface area contributed by atoms with Gasteiger partial charge in [0.15, 0.2) is 12.6 Å². The minimum absolute atomic E-state index is 0.0611. The molecule has 0 aromatic heterocycles. The standard InChI is InChI=1S/C26H50N6O15.CH2O2/c27-3-1-10(34)23(42)31-8-5-9(32-24(43)11(35)2-4-28)22(47-26-19(40)18(39)16(37)12(6-29)44-26)20(41)21(8)46-25-17(38)14(30)15(36)13(7-33)45-25;2-1-3/h8-22,25-26,33-41H,1-7,27-30H2,(H,31,42)(H,32,43);1H,(H,2,3)/t8-,9+,10+,11+,12?,13?,14-,15-,16-,17?,18-,19?,20-,21+,22-,25-,26+;/m1./s1. The first kappa shape index (κ1) is 43.9. The maximum atomic E-state index is 12.9. The highest BCUT2D eigenvalue weighted by Gasteiger charge is 2.53. The average molecular weight is 733 g/mol. The van der Waals surface area contributed by atoms with Crippen LogP contribution in [0.25, 0.3) is 0 Å². The molecule has 0 spiro atoms. The lowest BCUT2D eigenvalue weighted by molar-refractivity contribution is -0.333. The molecule has 0 bridgehead atoms. The molecular weight excluding hydrogens is 680 g/mol. The summed E-state index contributed by atoms with van der Waals surface area (Å²) in [6.07, 6.45) is -23.6. The van der Waals surface area contributed by atoms with Crippen LogP contribution in [0, 0.1) is 0 Å². The predicted molar refractivity (Wildman–Crippen MR) is 164 cm³/mol. The number of nitrogens with one attached hydrogen (secondary N) is 2. The Morgan fingerprint density at radius 1 is 0.740 bits per heavy atom. The monoisotopic (exact) mass is 732 g/mol. The van der Waals surface area contributed by atoms with Gasteiger partial charge < -0.3 is 104 Å². The van der Waals surface area contributed by atoms with Crippen LogP contribution < -0.4 is 33.6 Å². The number of carboxylic acid groups (broad SMARTS) is 1. The van der Waals surface area contributed by atoms with E-state index in [1.54, 1.807) is 0 Å². The maximum Gasteiger partial charge on any atom is 0.290 e. The molecular formula is C27H52N6O17. The molecule has 0 radical (unpaired) electrons. The van der Waals surface area contributed by atoms with E-state index in [2.05, 4.69) is 10.6 Å². The highest BCUT2D eigenvalue weighted by atomic mass is 16.7. The van der Waals surface area contributed by atoms with E-state index < -0.39 is 122 Å². The molecule has 23 nitrogen and oxygen atoms in total. The van der Waals surface area contributed by atoms with E-state index in [0.717, 1.165) is 0 Å². The lowest BCUT2D eigenvalue weighted by atomic mass is 9.82. The van der Waals surface area contributed by atoms with E-state index in [-0.39, 0.29) is 45.4 Å². The summed E-state index contributed by atoms with van der Waals surface area (Å²) in [7, 11) is 0. The van der Waals surface area contributed by atoms with E-state index in [0.29, 0.717) is 0 Å². The second kappa shape index (κ2) is 20.7. The Labute approximate surface area is 286 Å². The number of carbonyl (C=O) groups is 3. The molecule has 50 heavy (non-hydrogen) atoms. The number of hydrogen-bond donors (Lipinski definition) is 16. The summed E-state index contributed by atoms with van der Waals surface area (Å²) >= 11 is 0. The summed E-state index contributed by atoms with van der Waals surface area (Å²) in [5, 5.41) is 106. The van der Waals surface area contributed by atoms with Crippen molar-refractivity contribution in [2.45, 2.75) is 123 Å². The van der Waals surface area contributed by atoms with Crippen LogP contribution in [0.3, 0.4) is 0 Å². The lowest BCUT2D eigenvalue weighted by Crippen LogP contribution is -2.70. The van der Waals surface area contributed by atoms with Gasteiger partial charge in [-0.2, -0.15) is 0 Å². The number of carbonyl (C=O) groups excluding carboxylic acids is 2. The normalized spacial score (nSPS) is 40.1. The molecule has 23 heteroatoms. The zero-order chi connectivity index (χ0) is 37.9. The molecule has 0 aromatic rings. The third kappa shape index (κ3) is 10.9. The van der Waals surface area contributed by atoms with Crippen LogP contribution in [0.15, 0.2) is 0 Å². The molecule has 2 heterocycles. The summed E-state index contributed by atoms with van der Waals surface area (Å²) < 4.78 is 22.8. The van der Waals surface area contributed by atoms with Gasteiger partial charge in [-0.25, -0.2) is 0 Å². The highest BCUT2D eigenvalue weighted by Crippen LogP contribution is 2.33. The van der Waals surface area contributed by atoms with Gasteiger partial charge in [0, 0.05) is 6.54 Å². The van der Waals surface area contributed by atoms with E-state index in [1.165, 1.54) is 0 Å². The number of rotatable bonds is 14. The van der Waals surface area contributed by atoms with Gasteiger partial charge >= 0.3 is 0 Å². The van der Waals surface area contributed by atoms with Crippen molar-refractivity contribution < 1.29 is 84.4 Å². The molecule has 1 aliphatic carbocycles. The molecule has 4 unspecified atom stereocenters. The molecule has 17 atom stereocenters. The van der Waals surface area contributed by atoms with Crippen molar-refractivity contribution >= 4 is 18.3 Å². The van der Waals surface area contributed by atoms with Crippen molar-refractivity contribution in [1.29, 1.82) is 0 Å². The van der Waals surface area contributed by atoms with E-state index in [9.17, 15) is 55.5 Å². The number of ether oxygens (including phenoxy) is 4. The Morgan fingerprint density at radius 3 is 1.60 bits per heavy atom. The fourth-order valence-corrected chi connectivity index (χ4v) is 5.74. The largest absolute Gasteiger partial charge is 0.483 e. The first-order valence-corrected chi connectivity index (χ1v) is 15.8.